The second kappa shape index (κ2) is 14.2. The molecule has 9 aromatic carbocycles. The van der Waals surface area contributed by atoms with E-state index >= 15 is 0 Å². The van der Waals surface area contributed by atoms with Crippen molar-refractivity contribution in [1.82, 2.24) is 8.97 Å². The predicted octanol–water partition coefficient (Wildman–Crippen LogP) is 17.6. The summed E-state index contributed by atoms with van der Waals surface area (Å²) in [6.45, 7) is 6.91. The van der Waals surface area contributed by atoms with Crippen LogP contribution >= 0.6 is 0 Å². The highest BCUT2D eigenvalue weighted by Gasteiger charge is 2.35. The van der Waals surface area contributed by atoms with E-state index in [-0.39, 0.29) is 5.41 Å². The van der Waals surface area contributed by atoms with E-state index in [1.165, 1.54) is 116 Å². The number of rotatable bonds is 6. The Hall–Kier alpha value is -8.14. The summed E-state index contributed by atoms with van der Waals surface area (Å²) in [5.41, 5.74) is 22.5. The molecule has 0 amide bonds. The van der Waals surface area contributed by atoms with Gasteiger partial charge in [-0.1, -0.05) is 165 Å². The maximum atomic E-state index is 2.48. The Balaban J connectivity index is 0.950. The van der Waals surface area contributed by atoms with Crippen molar-refractivity contribution in [2.75, 3.05) is 4.90 Å². The Bertz CT molecular complexity index is 4060. The van der Waals surface area contributed by atoms with Crippen LogP contribution in [0.1, 0.15) is 43.4 Å². The number of para-hydroxylation sites is 4. The van der Waals surface area contributed by atoms with E-state index in [0.29, 0.717) is 0 Å². The summed E-state index contributed by atoms with van der Waals surface area (Å²) >= 11 is 0. The van der Waals surface area contributed by atoms with Gasteiger partial charge in [0.1, 0.15) is 0 Å². The first-order chi connectivity index (χ1) is 32.9. The van der Waals surface area contributed by atoms with Gasteiger partial charge in [0.05, 0.1) is 33.3 Å². The van der Waals surface area contributed by atoms with Gasteiger partial charge < -0.3 is 13.9 Å². The third-order valence-corrected chi connectivity index (χ3v) is 15.1. The van der Waals surface area contributed by atoms with E-state index in [1.54, 1.807) is 0 Å². The van der Waals surface area contributed by atoms with E-state index in [1.807, 2.05) is 0 Å². The molecule has 3 heterocycles. The number of benzene rings is 9. The van der Waals surface area contributed by atoms with Crippen LogP contribution in [-0.2, 0) is 5.41 Å². The van der Waals surface area contributed by atoms with Crippen molar-refractivity contribution in [2.45, 2.75) is 39.0 Å². The summed E-state index contributed by atoms with van der Waals surface area (Å²) < 4.78 is 4.96. The average molecular weight is 858 g/mol. The number of nitrogens with zero attached hydrogens (tertiary/aromatic N) is 3. The lowest BCUT2D eigenvalue weighted by molar-refractivity contribution is 0.660. The quantitative estimate of drug-likeness (QED) is 0.162. The minimum Gasteiger partial charge on any atom is -0.310 e. The highest BCUT2D eigenvalue weighted by Crippen LogP contribution is 2.51. The molecule has 0 atom stereocenters. The van der Waals surface area contributed by atoms with Crippen molar-refractivity contribution in [2.24, 2.45) is 0 Å². The number of hydrogen-bond acceptors (Lipinski definition) is 1. The second-order valence-corrected chi connectivity index (χ2v) is 19.3. The monoisotopic (exact) mass is 857 g/mol. The van der Waals surface area contributed by atoms with Crippen molar-refractivity contribution < 1.29 is 0 Å². The van der Waals surface area contributed by atoms with Crippen LogP contribution in [0.4, 0.5) is 17.1 Å². The fourth-order valence-electron chi connectivity index (χ4n) is 12.0. The third kappa shape index (κ3) is 5.46. The van der Waals surface area contributed by atoms with Crippen molar-refractivity contribution in [3.05, 3.63) is 223 Å². The Morgan fingerprint density at radius 1 is 0.463 bits per heavy atom. The van der Waals surface area contributed by atoms with Crippen LogP contribution < -0.4 is 4.90 Å². The fourth-order valence-corrected chi connectivity index (χ4v) is 12.0. The SMILES string of the molecule is Cc1ccc2c(c1)-c1cc(-c3ccc(N(c4ccc(-c5cccc6c7ccccc7n(C7=CCCC=C7)c56)cc4)c4ccc5c6ccccc6n6c7ccccc7c4c56)cc3)ccc1C2(C)C. The van der Waals surface area contributed by atoms with Crippen molar-refractivity contribution in [3.63, 3.8) is 0 Å². The molecule has 3 aromatic heterocycles. The summed E-state index contributed by atoms with van der Waals surface area (Å²) in [5.74, 6) is 0. The zero-order chi connectivity index (χ0) is 44.5. The zero-order valence-electron chi connectivity index (χ0n) is 37.9. The lowest BCUT2D eigenvalue weighted by Gasteiger charge is -2.27. The van der Waals surface area contributed by atoms with E-state index in [0.717, 1.165) is 29.9 Å². The number of anilines is 3. The van der Waals surface area contributed by atoms with Crippen LogP contribution in [-0.4, -0.2) is 8.97 Å². The molecular formula is C64H47N3. The fraction of sp³-hybridized carbons (Fsp3) is 0.0938. The van der Waals surface area contributed by atoms with Crippen LogP contribution in [0.15, 0.2) is 206 Å². The van der Waals surface area contributed by atoms with Crippen LogP contribution in [0.5, 0.6) is 0 Å². The van der Waals surface area contributed by atoms with Gasteiger partial charge in [0.2, 0.25) is 0 Å². The first-order valence-electron chi connectivity index (χ1n) is 23.7. The molecule has 14 rings (SSSR count). The van der Waals surface area contributed by atoms with E-state index in [2.05, 4.69) is 241 Å². The molecule has 67 heavy (non-hydrogen) atoms. The molecule has 0 bridgehead atoms. The van der Waals surface area contributed by atoms with Crippen molar-refractivity contribution in [3.8, 4) is 33.4 Å². The molecule has 12 aromatic rings. The first kappa shape index (κ1) is 38.2. The molecule has 318 valence electrons. The molecule has 2 aliphatic rings. The van der Waals surface area contributed by atoms with E-state index in [4.69, 9.17) is 0 Å². The van der Waals surface area contributed by atoms with Crippen LogP contribution in [0, 0.1) is 6.92 Å². The largest absolute Gasteiger partial charge is 0.310 e. The van der Waals surface area contributed by atoms with E-state index in [9.17, 15) is 0 Å². The summed E-state index contributed by atoms with van der Waals surface area (Å²) in [7, 11) is 0. The maximum absolute atomic E-state index is 2.48. The topological polar surface area (TPSA) is 12.6 Å². The summed E-state index contributed by atoms with van der Waals surface area (Å²) in [4.78, 5) is 2.48. The van der Waals surface area contributed by atoms with Gasteiger partial charge in [-0.25, -0.2) is 0 Å². The Morgan fingerprint density at radius 3 is 1.79 bits per heavy atom. The smallest absolute Gasteiger partial charge is 0.0641 e. The molecular weight excluding hydrogens is 811 g/mol. The Morgan fingerprint density at radius 2 is 1.06 bits per heavy atom. The third-order valence-electron chi connectivity index (χ3n) is 15.1. The summed E-state index contributed by atoms with van der Waals surface area (Å²) in [5, 5.41) is 7.62. The van der Waals surface area contributed by atoms with Gasteiger partial charge in [0, 0.05) is 60.4 Å². The number of aromatic nitrogens is 2. The van der Waals surface area contributed by atoms with Gasteiger partial charge >= 0.3 is 0 Å². The van der Waals surface area contributed by atoms with Crippen molar-refractivity contribution in [1.29, 1.82) is 0 Å². The van der Waals surface area contributed by atoms with Crippen molar-refractivity contribution >= 4 is 82.7 Å². The van der Waals surface area contributed by atoms with Crippen LogP contribution in [0.2, 0.25) is 0 Å². The van der Waals surface area contributed by atoms with Crippen LogP contribution in [0.3, 0.4) is 0 Å². The van der Waals surface area contributed by atoms with Gasteiger partial charge in [-0.3, -0.25) is 0 Å². The molecule has 0 N–H and O–H groups in total. The highest BCUT2D eigenvalue weighted by molar-refractivity contribution is 6.27. The average Bonchev–Trinajstić information content (AvgIpc) is 4.08. The van der Waals surface area contributed by atoms with Gasteiger partial charge in [0.15, 0.2) is 0 Å². The molecule has 3 nitrogen and oxygen atoms in total. The molecule has 0 aliphatic heterocycles. The lowest BCUT2D eigenvalue weighted by atomic mass is 9.82. The standard InChI is InChI=1S/C64H47N3/c1-40-24-35-55-53(38-40)54-39-43(29-36-56(54)64(55,2)3)41-25-30-45(31-26-41)65(60-37-34-51-49-17-8-11-22-58(49)67-59-23-12-9-18-52(59)61(60)63(51)67)46-32-27-42(28-33-46)47-19-13-20-50-48-16-7-10-21-57(48)66(62(47)50)44-14-5-4-6-15-44/h5,7-39H,4,6H2,1-3H3. The van der Waals surface area contributed by atoms with Gasteiger partial charge in [0.25, 0.3) is 0 Å². The highest BCUT2D eigenvalue weighted by atomic mass is 15.1. The van der Waals surface area contributed by atoms with Gasteiger partial charge in [-0.2, -0.15) is 0 Å². The van der Waals surface area contributed by atoms with Gasteiger partial charge in [-0.05, 0) is 119 Å². The zero-order valence-corrected chi connectivity index (χ0v) is 37.9. The molecule has 0 saturated carbocycles. The molecule has 0 radical (unpaired) electrons. The minimum atomic E-state index is -0.0289. The summed E-state index contributed by atoms with van der Waals surface area (Å²) in [6.07, 6.45) is 9.12. The van der Waals surface area contributed by atoms with Crippen LogP contribution in [0.25, 0.3) is 99.0 Å². The number of hydrogen-bond donors (Lipinski definition) is 0. The molecule has 2 aliphatic carbocycles. The number of aryl methyl sites for hydroxylation is 1. The molecule has 3 heteroatoms. The number of allylic oxidation sites excluding steroid dienone is 4. The van der Waals surface area contributed by atoms with Gasteiger partial charge in [-0.15, -0.1) is 0 Å². The first-order valence-corrected chi connectivity index (χ1v) is 23.7. The normalized spacial score (nSPS) is 14.2. The maximum Gasteiger partial charge on any atom is 0.0641 e. The van der Waals surface area contributed by atoms with E-state index < -0.39 is 0 Å². The lowest BCUT2D eigenvalue weighted by Crippen LogP contribution is -2.14. The molecule has 0 saturated heterocycles. The summed E-state index contributed by atoms with van der Waals surface area (Å²) in [6, 6.07) is 70.7. The Labute approximate surface area is 390 Å². The molecule has 0 unspecified atom stereocenters. The second-order valence-electron chi connectivity index (χ2n) is 19.3. The Kier molecular flexibility index (Phi) is 8.08. The molecule has 0 fully saturated rings. The predicted molar refractivity (Wildman–Crippen MR) is 285 cm³/mol. The minimum absolute atomic E-state index is 0.0289. The number of fused-ring (bicyclic) bond motifs is 12. The molecule has 0 spiro atoms.